The quantitative estimate of drug-likeness (QED) is 0.512. The van der Waals surface area contributed by atoms with Crippen LogP contribution in [0.3, 0.4) is 0 Å². The molecular formula is C20H17Cl2N4O2S+. The first-order chi connectivity index (χ1) is 14.0. The minimum atomic E-state index is -1.39. The van der Waals surface area contributed by atoms with Crippen LogP contribution in [0, 0.1) is 0 Å². The second-order valence-electron chi connectivity index (χ2n) is 6.67. The van der Waals surface area contributed by atoms with Crippen LogP contribution in [0.15, 0.2) is 75.6 Å². The van der Waals surface area contributed by atoms with Crippen molar-refractivity contribution in [3.63, 3.8) is 0 Å². The number of fused-ring (bicyclic) bond motifs is 1. The first-order valence-corrected chi connectivity index (χ1v) is 10.8. The fourth-order valence-electron chi connectivity index (χ4n) is 2.91. The average Bonchev–Trinajstić information content (AvgIpc) is 3.11. The predicted molar refractivity (Wildman–Crippen MR) is 117 cm³/mol. The molecule has 29 heavy (non-hydrogen) atoms. The summed E-state index contributed by atoms with van der Waals surface area (Å²) in [5, 5.41) is 10.1. The summed E-state index contributed by atoms with van der Waals surface area (Å²) in [7, 11) is 1.87. The minimum Gasteiger partial charge on any atom is -0.610 e. The van der Waals surface area contributed by atoms with E-state index in [0.717, 1.165) is 11.1 Å². The second kappa shape index (κ2) is 8.30. The van der Waals surface area contributed by atoms with E-state index >= 15 is 0 Å². The summed E-state index contributed by atoms with van der Waals surface area (Å²) in [6, 6.07) is 15.0. The zero-order valence-electron chi connectivity index (χ0n) is 15.5. The van der Waals surface area contributed by atoms with E-state index in [1.54, 1.807) is 36.8 Å². The van der Waals surface area contributed by atoms with Crippen LogP contribution in [0.1, 0.15) is 11.1 Å². The lowest BCUT2D eigenvalue weighted by atomic mass is 10.2. The highest BCUT2D eigenvalue weighted by Crippen LogP contribution is 2.29. The summed E-state index contributed by atoms with van der Waals surface area (Å²) < 4.78 is 19.0. The molecule has 2 atom stereocenters. The summed E-state index contributed by atoms with van der Waals surface area (Å²) in [5.41, 5.74) is 2.53. The second-order valence-corrected chi connectivity index (χ2v) is 8.91. The molecule has 2 aromatic carbocycles. The molecule has 0 amide bonds. The molecule has 2 aliphatic rings. The molecule has 0 aromatic heterocycles. The lowest BCUT2D eigenvalue weighted by Crippen LogP contribution is -2.51. The summed E-state index contributed by atoms with van der Waals surface area (Å²) in [6.45, 7) is 0.309. The first-order valence-electron chi connectivity index (χ1n) is 8.73. The molecule has 2 aliphatic heterocycles. The minimum absolute atomic E-state index is 0.0821. The lowest BCUT2D eigenvalue weighted by Gasteiger charge is -2.28. The van der Waals surface area contributed by atoms with Gasteiger partial charge in [-0.1, -0.05) is 57.7 Å². The maximum atomic E-state index is 13.0. The maximum Gasteiger partial charge on any atom is 0.429 e. The van der Waals surface area contributed by atoms with Crippen LogP contribution in [-0.2, 0) is 28.3 Å². The van der Waals surface area contributed by atoms with Crippen LogP contribution < -0.4 is 0 Å². The summed E-state index contributed by atoms with van der Waals surface area (Å²) in [5.74, 6) is 0.309. The number of aliphatic imine (C=N–C) groups is 1. The topological polar surface area (TPSA) is 69.4 Å². The number of halogens is 2. The van der Waals surface area contributed by atoms with Gasteiger partial charge in [0.05, 0.1) is 7.05 Å². The fraction of sp³-hybridized carbons (Fsp3) is 0.150. The average molecular weight is 448 g/mol. The van der Waals surface area contributed by atoms with Gasteiger partial charge in [-0.05, 0) is 29.8 Å². The maximum absolute atomic E-state index is 13.0. The van der Waals surface area contributed by atoms with E-state index in [2.05, 4.69) is 15.2 Å². The largest absolute Gasteiger partial charge is 0.610 e. The Balaban J connectivity index is 1.53. The van der Waals surface area contributed by atoms with E-state index in [1.807, 2.05) is 31.3 Å². The number of ether oxygens (including phenoxy) is 1. The van der Waals surface area contributed by atoms with Crippen molar-refractivity contribution in [2.24, 2.45) is 15.2 Å². The van der Waals surface area contributed by atoms with Gasteiger partial charge in [-0.25, -0.2) is 4.99 Å². The van der Waals surface area contributed by atoms with Crippen molar-refractivity contribution in [2.75, 3.05) is 7.05 Å². The number of benzene rings is 2. The van der Waals surface area contributed by atoms with Gasteiger partial charge < -0.3 is 9.29 Å². The zero-order chi connectivity index (χ0) is 20.4. The Kier molecular flexibility index (Phi) is 5.76. The van der Waals surface area contributed by atoms with Crippen LogP contribution >= 0.6 is 23.2 Å². The Hall–Kier alpha value is -2.16. The Morgan fingerprint density at radius 3 is 2.24 bits per heavy atom. The molecule has 0 N–H and O–H groups in total. The summed E-state index contributed by atoms with van der Waals surface area (Å²) in [6.07, 6.45) is 3.34. The summed E-state index contributed by atoms with van der Waals surface area (Å²) in [4.78, 5) is 4.24. The molecule has 0 bridgehead atoms. The third-order valence-electron chi connectivity index (χ3n) is 4.55. The number of amidine groups is 1. The monoisotopic (exact) mass is 447 g/mol. The SMILES string of the molecule is C[N+]12C=NC=C1C([S+]([O-])Cc1ccc(Cl)cc1)=NN=C2OCc1ccc(Cl)cc1. The number of nitrogens with zero attached hydrogens (tertiary/aromatic N) is 4. The molecule has 2 heterocycles. The molecule has 0 radical (unpaired) electrons. The molecule has 2 aromatic rings. The highest BCUT2D eigenvalue weighted by Gasteiger charge is 2.49. The highest BCUT2D eigenvalue weighted by atomic mass is 35.5. The number of rotatable bonds is 4. The fourth-order valence-corrected chi connectivity index (χ4v) is 4.40. The normalized spacial score (nSPS) is 21.2. The van der Waals surface area contributed by atoms with Gasteiger partial charge in [-0.2, -0.15) is 4.48 Å². The van der Waals surface area contributed by atoms with Gasteiger partial charge >= 0.3 is 11.1 Å². The van der Waals surface area contributed by atoms with Gasteiger partial charge in [0.1, 0.15) is 18.6 Å². The third kappa shape index (κ3) is 4.24. The standard InChI is InChI=1S/C20H17Cl2N4O2S/c1-26-13-23-10-18(26)19(29(27)12-15-4-8-17(22)9-5-15)24-25-20(26)28-11-14-2-6-16(21)7-3-14/h2-10,13H,11-12H2,1H3/q+1. The van der Waals surface area contributed by atoms with Crippen molar-refractivity contribution in [3.05, 3.63) is 81.6 Å². The number of hydrogen-bond donors (Lipinski definition) is 0. The van der Waals surface area contributed by atoms with Gasteiger partial charge in [0.2, 0.25) is 12.0 Å². The summed E-state index contributed by atoms with van der Waals surface area (Å²) >= 11 is 10.4. The molecule has 0 fully saturated rings. The van der Waals surface area contributed by atoms with Crippen molar-refractivity contribution in [2.45, 2.75) is 12.4 Å². The van der Waals surface area contributed by atoms with Crippen LogP contribution in [0.25, 0.3) is 0 Å². The molecule has 0 saturated heterocycles. The van der Waals surface area contributed by atoms with Crippen LogP contribution in [0.4, 0.5) is 0 Å². The van der Waals surface area contributed by atoms with Crippen LogP contribution in [0.5, 0.6) is 0 Å². The number of hydrogen-bond acceptors (Lipinski definition) is 5. The molecular weight excluding hydrogens is 431 g/mol. The van der Waals surface area contributed by atoms with E-state index < -0.39 is 11.2 Å². The van der Waals surface area contributed by atoms with Gasteiger partial charge in [-0.3, -0.25) is 0 Å². The van der Waals surface area contributed by atoms with Crippen molar-refractivity contribution >= 4 is 51.8 Å². The van der Waals surface area contributed by atoms with E-state index in [-0.39, 0.29) is 4.48 Å². The smallest absolute Gasteiger partial charge is 0.429 e. The Bertz CT molecular complexity index is 1040. The van der Waals surface area contributed by atoms with Gasteiger partial charge in [0.25, 0.3) is 0 Å². The number of quaternary nitrogens is 1. The lowest BCUT2D eigenvalue weighted by molar-refractivity contribution is -0.676. The van der Waals surface area contributed by atoms with E-state index in [9.17, 15) is 4.55 Å². The van der Waals surface area contributed by atoms with Crippen molar-refractivity contribution in [1.29, 1.82) is 0 Å². The van der Waals surface area contributed by atoms with Crippen LogP contribution in [0.2, 0.25) is 10.0 Å². The van der Waals surface area contributed by atoms with E-state index in [1.165, 1.54) is 0 Å². The molecule has 0 saturated carbocycles. The first kappa shape index (κ1) is 20.1. The third-order valence-corrected chi connectivity index (χ3v) is 6.37. The van der Waals surface area contributed by atoms with Gasteiger partial charge in [0, 0.05) is 26.8 Å². The predicted octanol–water partition coefficient (Wildman–Crippen LogP) is 4.47. The molecule has 4 rings (SSSR count). The van der Waals surface area contributed by atoms with E-state index in [0.29, 0.717) is 39.2 Å². The highest BCUT2D eigenvalue weighted by molar-refractivity contribution is 8.06. The van der Waals surface area contributed by atoms with Gasteiger partial charge in [0.15, 0.2) is 0 Å². The molecule has 0 aliphatic carbocycles. The van der Waals surface area contributed by atoms with E-state index in [4.69, 9.17) is 27.9 Å². The zero-order valence-corrected chi connectivity index (χ0v) is 17.8. The molecule has 0 spiro atoms. The Labute approximate surface area is 181 Å². The van der Waals surface area contributed by atoms with Gasteiger partial charge in [-0.15, -0.1) is 0 Å². The van der Waals surface area contributed by atoms with Crippen molar-refractivity contribution in [3.8, 4) is 0 Å². The molecule has 9 heteroatoms. The van der Waals surface area contributed by atoms with Crippen LogP contribution in [-0.4, -0.2) is 33.5 Å². The Morgan fingerprint density at radius 2 is 1.59 bits per heavy atom. The molecule has 6 nitrogen and oxygen atoms in total. The van der Waals surface area contributed by atoms with Crippen molar-refractivity contribution < 1.29 is 13.8 Å². The molecule has 2 unspecified atom stereocenters. The van der Waals surface area contributed by atoms with Crippen molar-refractivity contribution in [1.82, 2.24) is 0 Å². The Morgan fingerprint density at radius 1 is 0.966 bits per heavy atom. The molecule has 148 valence electrons.